The van der Waals surface area contributed by atoms with Crippen molar-refractivity contribution >= 4 is 44.9 Å². The zero-order valence-corrected chi connectivity index (χ0v) is 16.8. The predicted molar refractivity (Wildman–Crippen MR) is 106 cm³/mol. The fourth-order valence-electron chi connectivity index (χ4n) is 2.45. The fraction of sp³-hybridized carbons (Fsp3) is 0.222. The molecule has 9 heteroatoms. The maximum atomic E-state index is 12.2. The van der Waals surface area contributed by atoms with Gasteiger partial charge in [-0.1, -0.05) is 13.3 Å². The van der Waals surface area contributed by atoms with Gasteiger partial charge in [0, 0.05) is 4.88 Å². The number of allylic oxidation sites excluding steroid dienone is 1. The van der Waals surface area contributed by atoms with E-state index >= 15 is 0 Å². The monoisotopic (exact) mass is 449 g/mol. The molecule has 7 nitrogen and oxygen atoms in total. The van der Waals surface area contributed by atoms with Crippen molar-refractivity contribution in [1.82, 2.24) is 9.78 Å². The van der Waals surface area contributed by atoms with Crippen molar-refractivity contribution in [2.45, 2.75) is 26.3 Å². The summed E-state index contributed by atoms with van der Waals surface area (Å²) in [6.45, 7) is 2.36. The summed E-state index contributed by atoms with van der Waals surface area (Å²) in [6, 6.07) is 7.32. The predicted octanol–water partition coefficient (Wildman–Crippen LogP) is 5.11. The SMILES string of the molecule is CCCc1ccc(C(=O)/C=C/c2ccc(Cn3cc(Br)c([N+](=O)[O-])n3)o2)s1. The average molecular weight is 450 g/mol. The Labute approximate surface area is 167 Å². The third kappa shape index (κ3) is 4.81. The molecule has 3 heterocycles. The van der Waals surface area contributed by atoms with E-state index in [1.54, 1.807) is 18.2 Å². The van der Waals surface area contributed by atoms with Crippen LogP contribution < -0.4 is 0 Å². The van der Waals surface area contributed by atoms with Crippen LogP contribution in [-0.4, -0.2) is 20.5 Å². The fourth-order valence-corrected chi connectivity index (χ4v) is 3.94. The molecule has 0 amide bonds. The molecule has 3 aromatic rings. The van der Waals surface area contributed by atoms with Crippen LogP contribution in [0.4, 0.5) is 5.82 Å². The maximum absolute atomic E-state index is 12.2. The van der Waals surface area contributed by atoms with E-state index in [1.165, 1.54) is 33.2 Å². The van der Waals surface area contributed by atoms with Gasteiger partial charge in [0.05, 0.1) is 16.2 Å². The Morgan fingerprint density at radius 3 is 2.93 bits per heavy atom. The number of carbonyl (C=O) groups is 1. The normalized spacial score (nSPS) is 11.3. The Bertz CT molecular complexity index is 1000. The molecule has 0 fully saturated rings. The Kier molecular flexibility index (Phi) is 6.02. The molecule has 0 spiro atoms. The summed E-state index contributed by atoms with van der Waals surface area (Å²) in [6.07, 6.45) is 6.65. The van der Waals surface area contributed by atoms with Crippen LogP contribution in [-0.2, 0) is 13.0 Å². The van der Waals surface area contributed by atoms with Crippen LogP contribution in [0.1, 0.15) is 39.4 Å². The second-order valence-corrected chi connectivity index (χ2v) is 7.80. The van der Waals surface area contributed by atoms with E-state index in [9.17, 15) is 14.9 Å². The molecule has 0 N–H and O–H groups in total. The Balaban J connectivity index is 1.64. The standard InChI is InChI=1S/C18H16BrN3O4S/c1-2-3-14-7-9-17(27-14)16(23)8-6-12-4-5-13(26-12)10-21-11-15(19)18(20-21)22(24)25/h4-9,11H,2-3,10H2,1H3/b8-6+. The molecule has 3 rings (SSSR count). The molecule has 0 aliphatic carbocycles. The highest BCUT2D eigenvalue weighted by molar-refractivity contribution is 9.10. The summed E-state index contributed by atoms with van der Waals surface area (Å²) < 4.78 is 7.37. The van der Waals surface area contributed by atoms with Crippen LogP contribution in [0.5, 0.6) is 0 Å². The topological polar surface area (TPSA) is 91.2 Å². The number of thiophene rings is 1. The minimum absolute atomic E-state index is 0.0630. The van der Waals surface area contributed by atoms with E-state index in [2.05, 4.69) is 28.0 Å². The second kappa shape index (κ2) is 8.45. The molecule has 0 aliphatic rings. The highest BCUT2D eigenvalue weighted by Gasteiger charge is 2.19. The zero-order chi connectivity index (χ0) is 19.4. The van der Waals surface area contributed by atoms with Gasteiger partial charge in [0.2, 0.25) is 0 Å². The lowest BCUT2D eigenvalue weighted by Gasteiger charge is -1.93. The van der Waals surface area contributed by atoms with Crippen molar-refractivity contribution in [1.29, 1.82) is 0 Å². The van der Waals surface area contributed by atoms with Crippen LogP contribution in [0.15, 0.2) is 45.4 Å². The zero-order valence-electron chi connectivity index (χ0n) is 14.4. The van der Waals surface area contributed by atoms with Crippen LogP contribution >= 0.6 is 27.3 Å². The first-order valence-corrected chi connectivity index (χ1v) is 9.84. The van der Waals surface area contributed by atoms with Gasteiger partial charge in [-0.2, -0.15) is 4.68 Å². The summed E-state index contributed by atoms with van der Waals surface area (Å²) in [5.74, 6) is 0.801. The summed E-state index contributed by atoms with van der Waals surface area (Å²) in [5, 5.41) is 14.7. The number of carbonyl (C=O) groups excluding carboxylic acids is 1. The Morgan fingerprint density at radius 1 is 1.41 bits per heavy atom. The minimum atomic E-state index is -0.557. The van der Waals surface area contributed by atoms with Gasteiger partial charge in [0.1, 0.15) is 22.5 Å². The number of hydrogen-bond acceptors (Lipinski definition) is 6. The van der Waals surface area contributed by atoms with E-state index in [0.717, 1.165) is 12.8 Å². The molecule has 0 atom stereocenters. The van der Waals surface area contributed by atoms with Gasteiger partial charge >= 0.3 is 5.82 Å². The molecular weight excluding hydrogens is 434 g/mol. The molecule has 140 valence electrons. The maximum Gasteiger partial charge on any atom is 0.404 e. The van der Waals surface area contributed by atoms with Gasteiger partial charge in [0.15, 0.2) is 5.78 Å². The van der Waals surface area contributed by atoms with Gasteiger partial charge < -0.3 is 14.5 Å². The lowest BCUT2D eigenvalue weighted by molar-refractivity contribution is -0.390. The highest BCUT2D eigenvalue weighted by atomic mass is 79.9. The Hall–Kier alpha value is -2.52. The van der Waals surface area contributed by atoms with Gasteiger partial charge in [-0.25, -0.2) is 0 Å². The number of hydrogen-bond donors (Lipinski definition) is 0. The number of nitro groups is 1. The van der Waals surface area contributed by atoms with Crippen molar-refractivity contribution < 1.29 is 14.1 Å². The molecular formula is C18H16BrN3O4S. The van der Waals surface area contributed by atoms with Gasteiger partial charge in [-0.15, -0.1) is 11.3 Å². The quantitative estimate of drug-likeness (QED) is 0.206. The molecule has 3 aromatic heterocycles. The number of aromatic nitrogens is 2. The van der Waals surface area contributed by atoms with E-state index in [-0.39, 0.29) is 18.1 Å². The smallest absolute Gasteiger partial charge is 0.404 e. The molecule has 27 heavy (non-hydrogen) atoms. The van der Waals surface area contributed by atoms with Gasteiger partial charge in [0.25, 0.3) is 0 Å². The number of nitrogens with zero attached hydrogens (tertiary/aromatic N) is 3. The third-order valence-corrected chi connectivity index (χ3v) is 5.39. The van der Waals surface area contributed by atoms with Crippen LogP contribution in [0.25, 0.3) is 6.08 Å². The lowest BCUT2D eigenvalue weighted by atomic mass is 10.2. The molecule has 0 unspecified atom stereocenters. The average Bonchev–Trinajstić information content (AvgIpc) is 3.34. The number of ketones is 1. The first kappa shape index (κ1) is 19.2. The van der Waals surface area contributed by atoms with Crippen LogP contribution in [0.2, 0.25) is 0 Å². The van der Waals surface area contributed by atoms with E-state index in [1.807, 2.05) is 12.1 Å². The van der Waals surface area contributed by atoms with Crippen LogP contribution in [0.3, 0.4) is 0 Å². The third-order valence-electron chi connectivity index (χ3n) is 3.67. The highest BCUT2D eigenvalue weighted by Crippen LogP contribution is 2.23. The molecule has 0 aliphatic heterocycles. The minimum Gasteiger partial charge on any atom is -0.460 e. The first-order valence-electron chi connectivity index (χ1n) is 8.23. The first-order chi connectivity index (χ1) is 13.0. The second-order valence-electron chi connectivity index (χ2n) is 5.77. The molecule has 0 saturated heterocycles. The van der Waals surface area contributed by atoms with Crippen molar-refractivity contribution in [2.24, 2.45) is 0 Å². The summed E-state index contributed by atoms with van der Waals surface area (Å²) in [4.78, 5) is 24.4. The molecule has 0 bridgehead atoms. The van der Waals surface area contributed by atoms with E-state index in [0.29, 0.717) is 20.9 Å². The number of aryl methyl sites for hydroxylation is 1. The molecule has 0 aromatic carbocycles. The summed E-state index contributed by atoms with van der Waals surface area (Å²) in [5.41, 5.74) is 0. The van der Waals surface area contributed by atoms with Crippen LogP contribution in [0, 0.1) is 10.1 Å². The van der Waals surface area contributed by atoms with Crippen molar-refractivity contribution in [3.05, 3.63) is 72.4 Å². The largest absolute Gasteiger partial charge is 0.460 e. The van der Waals surface area contributed by atoms with E-state index in [4.69, 9.17) is 4.42 Å². The number of halogens is 1. The Morgan fingerprint density at radius 2 is 2.22 bits per heavy atom. The van der Waals surface area contributed by atoms with Gasteiger partial charge in [-0.3, -0.25) is 4.79 Å². The number of furan rings is 1. The summed E-state index contributed by atoms with van der Waals surface area (Å²) >= 11 is 4.62. The van der Waals surface area contributed by atoms with E-state index < -0.39 is 4.92 Å². The lowest BCUT2D eigenvalue weighted by Crippen LogP contribution is -2.00. The molecule has 0 saturated carbocycles. The van der Waals surface area contributed by atoms with Crippen molar-refractivity contribution in [3.63, 3.8) is 0 Å². The van der Waals surface area contributed by atoms with Gasteiger partial charge in [-0.05, 0) is 63.7 Å². The summed E-state index contributed by atoms with van der Waals surface area (Å²) in [7, 11) is 0. The van der Waals surface area contributed by atoms with Crippen molar-refractivity contribution in [2.75, 3.05) is 0 Å². The van der Waals surface area contributed by atoms with Crippen molar-refractivity contribution in [3.8, 4) is 0 Å². The molecule has 0 radical (unpaired) electrons. The number of rotatable bonds is 8.